The lowest BCUT2D eigenvalue weighted by Gasteiger charge is -2.24. The number of likely N-dealkylation sites (N-methyl/N-ethyl adjacent to an activating group) is 1. The van der Waals surface area contributed by atoms with E-state index in [1.54, 1.807) is 57.2 Å². The molecule has 0 saturated heterocycles. The molecule has 4 aromatic rings. The van der Waals surface area contributed by atoms with Crippen molar-refractivity contribution in [3.63, 3.8) is 0 Å². The molecule has 2 unspecified atom stereocenters. The Morgan fingerprint density at radius 3 is 2.50 bits per heavy atom. The predicted octanol–water partition coefficient (Wildman–Crippen LogP) is 5.06. The van der Waals surface area contributed by atoms with Crippen LogP contribution in [0.3, 0.4) is 0 Å². The number of methoxy groups -OCH3 is 1. The number of rotatable bonds is 11. The highest BCUT2D eigenvalue weighted by Crippen LogP contribution is 2.43. The molecule has 0 radical (unpaired) electrons. The molecular formula is C26H30FIN9O2P. The zero-order chi connectivity index (χ0) is 29.0. The number of carbonyl (C=O) groups is 1. The van der Waals surface area contributed by atoms with Crippen molar-refractivity contribution >= 4 is 60.9 Å². The van der Waals surface area contributed by atoms with E-state index in [0.717, 1.165) is 0 Å². The van der Waals surface area contributed by atoms with Gasteiger partial charge in [0.25, 0.3) is 0 Å². The Balaban J connectivity index is 1.70. The molecule has 4 rings (SSSR count). The first kappa shape index (κ1) is 29.7. The Morgan fingerprint density at radius 2 is 1.90 bits per heavy atom. The molecule has 1 aromatic carbocycles. The standard InChI is InChI=1S/C26H30FIN9O2P/c1-6-20(38)17-11-30-22(33-23-13-29-21(12-31-23)26(27,40)14-35(2)3)10-19(17)37(28)18-9-7-8-16(24(18)39-5)25-32-15-36(4)34-25/h7-13,15H,6,14,40H2,1-5H3,(H,30,31,33). The summed E-state index contributed by atoms with van der Waals surface area (Å²) in [5.41, 5.74) is 2.64. The zero-order valence-electron chi connectivity index (χ0n) is 22.8. The number of nitrogens with one attached hydrogen (secondary N) is 1. The number of benzene rings is 1. The number of aromatic nitrogens is 6. The van der Waals surface area contributed by atoms with Crippen molar-refractivity contribution in [2.24, 2.45) is 7.05 Å². The van der Waals surface area contributed by atoms with E-state index in [2.05, 4.69) is 62.5 Å². The zero-order valence-corrected chi connectivity index (χ0v) is 26.1. The molecule has 1 N–H and O–H groups in total. The van der Waals surface area contributed by atoms with Crippen LogP contribution in [0.5, 0.6) is 5.75 Å². The number of Topliss-reactive ketones (excluding diaryl/α,β-unsaturated/α-hetero) is 1. The Bertz CT molecular complexity index is 1500. The Morgan fingerprint density at radius 1 is 1.15 bits per heavy atom. The van der Waals surface area contributed by atoms with Crippen molar-refractivity contribution in [1.82, 2.24) is 34.6 Å². The summed E-state index contributed by atoms with van der Waals surface area (Å²) in [5.74, 6) is 1.81. The monoisotopic (exact) mass is 677 g/mol. The molecule has 0 aliphatic rings. The van der Waals surface area contributed by atoms with Gasteiger partial charge in [0.15, 0.2) is 22.8 Å². The minimum absolute atomic E-state index is 0.0676. The topological polar surface area (TPSA) is 114 Å². The lowest BCUT2D eigenvalue weighted by atomic mass is 10.1. The molecule has 0 saturated carbocycles. The first-order valence-corrected chi connectivity index (χ1v) is 13.8. The van der Waals surface area contributed by atoms with Gasteiger partial charge in [0, 0.05) is 32.3 Å². The van der Waals surface area contributed by atoms with Gasteiger partial charge < -0.3 is 15.0 Å². The van der Waals surface area contributed by atoms with Crippen LogP contribution in [0, 0.1) is 0 Å². The van der Waals surface area contributed by atoms with Crippen LogP contribution >= 0.6 is 32.1 Å². The molecule has 3 aromatic heterocycles. The molecule has 0 spiro atoms. The largest absolute Gasteiger partial charge is 0.494 e. The molecule has 210 valence electrons. The maximum atomic E-state index is 15.0. The smallest absolute Gasteiger partial charge is 0.184 e. The first-order valence-electron chi connectivity index (χ1n) is 12.3. The van der Waals surface area contributed by atoms with E-state index in [-0.39, 0.29) is 18.0 Å². The average Bonchev–Trinajstić information content (AvgIpc) is 3.37. The summed E-state index contributed by atoms with van der Waals surface area (Å²) in [5, 5.41) is 5.78. The number of halogens is 2. The van der Waals surface area contributed by atoms with Crippen LogP contribution in [0.1, 0.15) is 29.4 Å². The van der Waals surface area contributed by atoms with Gasteiger partial charge in [-0.1, -0.05) is 22.2 Å². The average molecular weight is 677 g/mol. The third kappa shape index (κ3) is 6.53. The van der Waals surface area contributed by atoms with E-state index in [0.29, 0.717) is 52.1 Å². The molecule has 11 nitrogen and oxygen atoms in total. The van der Waals surface area contributed by atoms with Gasteiger partial charge in [0.2, 0.25) is 0 Å². The van der Waals surface area contributed by atoms with Gasteiger partial charge in [0.05, 0.1) is 64.9 Å². The Hall–Kier alpha value is -3.29. The van der Waals surface area contributed by atoms with Gasteiger partial charge in [0.1, 0.15) is 23.7 Å². The number of pyridine rings is 1. The number of hydrogen-bond donors (Lipinski definition) is 1. The number of anilines is 4. The second kappa shape index (κ2) is 12.5. The Kier molecular flexibility index (Phi) is 9.26. The van der Waals surface area contributed by atoms with E-state index in [1.165, 1.54) is 18.6 Å². The molecule has 14 heteroatoms. The molecule has 40 heavy (non-hydrogen) atoms. The van der Waals surface area contributed by atoms with Crippen LogP contribution < -0.4 is 13.2 Å². The maximum absolute atomic E-state index is 15.0. The number of para-hydroxylation sites is 1. The van der Waals surface area contributed by atoms with Crippen LogP contribution in [0.2, 0.25) is 0 Å². The van der Waals surface area contributed by atoms with E-state index in [9.17, 15) is 4.79 Å². The predicted molar refractivity (Wildman–Crippen MR) is 164 cm³/mol. The number of alkyl halides is 1. The number of carbonyl (C=O) groups excluding carboxylic acids is 1. The van der Waals surface area contributed by atoms with E-state index >= 15 is 4.39 Å². The second-order valence-corrected chi connectivity index (χ2v) is 11.1. The van der Waals surface area contributed by atoms with Crippen LogP contribution in [0.25, 0.3) is 11.4 Å². The summed E-state index contributed by atoms with van der Waals surface area (Å²) >= 11 is 2.13. The summed E-state index contributed by atoms with van der Waals surface area (Å²) in [6, 6.07) is 7.38. The normalized spacial score (nSPS) is 12.7. The van der Waals surface area contributed by atoms with Crippen molar-refractivity contribution in [1.29, 1.82) is 0 Å². The summed E-state index contributed by atoms with van der Waals surface area (Å²) < 4.78 is 24.3. The summed E-state index contributed by atoms with van der Waals surface area (Å²) in [7, 11) is 9.14. The van der Waals surface area contributed by atoms with Crippen molar-refractivity contribution in [3.8, 4) is 17.1 Å². The fraction of sp³-hybridized carbons (Fsp3) is 0.308. The number of hydrogen-bond acceptors (Lipinski definition) is 10. The quantitative estimate of drug-likeness (QED) is 0.100. The van der Waals surface area contributed by atoms with E-state index < -0.39 is 5.41 Å². The van der Waals surface area contributed by atoms with Gasteiger partial charge in [-0.25, -0.2) is 19.3 Å². The highest BCUT2D eigenvalue weighted by Gasteiger charge is 2.29. The molecule has 0 aliphatic carbocycles. The van der Waals surface area contributed by atoms with Crippen LogP contribution in [-0.2, 0) is 12.5 Å². The minimum atomic E-state index is -1.73. The summed E-state index contributed by atoms with van der Waals surface area (Å²) in [4.78, 5) is 32.0. The summed E-state index contributed by atoms with van der Waals surface area (Å²) in [6.07, 6.45) is 6.29. The molecule has 0 fully saturated rings. The molecule has 0 aliphatic heterocycles. The molecule has 0 amide bonds. The highest BCUT2D eigenvalue weighted by molar-refractivity contribution is 14.1. The lowest BCUT2D eigenvalue weighted by molar-refractivity contribution is 0.0988. The third-order valence-electron chi connectivity index (χ3n) is 5.85. The number of ketones is 1. The van der Waals surface area contributed by atoms with Crippen LogP contribution in [0.15, 0.2) is 49.2 Å². The second-order valence-electron chi connectivity index (χ2n) is 9.26. The van der Waals surface area contributed by atoms with E-state index in [4.69, 9.17) is 4.74 Å². The van der Waals surface area contributed by atoms with Crippen LogP contribution in [-0.4, -0.2) is 68.1 Å². The van der Waals surface area contributed by atoms with Crippen LogP contribution in [0.4, 0.5) is 27.4 Å². The third-order valence-corrected chi connectivity index (χ3v) is 7.36. The van der Waals surface area contributed by atoms with Gasteiger partial charge in [-0.3, -0.25) is 17.6 Å². The van der Waals surface area contributed by atoms with Crippen molar-refractivity contribution in [3.05, 3.63) is 60.4 Å². The van der Waals surface area contributed by atoms with E-state index in [1.807, 2.05) is 21.3 Å². The maximum Gasteiger partial charge on any atom is 0.184 e. The lowest BCUT2D eigenvalue weighted by Crippen LogP contribution is -2.29. The fourth-order valence-electron chi connectivity index (χ4n) is 4.02. The van der Waals surface area contributed by atoms with Crippen molar-refractivity contribution in [2.75, 3.05) is 36.2 Å². The fourth-order valence-corrected chi connectivity index (χ4v) is 5.32. The van der Waals surface area contributed by atoms with Gasteiger partial charge in [-0.05, 0) is 26.2 Å². The summed E-state index contributed by atoms with van der Waals surface area (Å²) in [6.45, 7) is 1.94. The molecule has 2 atom stereocenters. The SMILES string of the molecule is CCC(=O)c1cnc(Nc2cnc(C(F)(P)CN(C)C)cn2)cc1N(I)c1cccc(-c2ncn(C)n2)c1OC. The van der Waals surface area contributed by atoms with Gasteiger partial charge >= 0.3 is 0 Å². The van der Waals surface area contributed by atoms with Gasteiger partial charge in [-0.15, -0.1) is 0 Å². The number of ether oxygens (including phenoxy) is 1. The minimum Gasteiger partial charge on any atom is -0.494 e. The van der Waals surface area contributed by atoms with Gasteiger partial charge in [-0.2, -0.15) is 5.10 Å². The molecule has 3 heterocycles. The number of aryl methyl sites for hydroxylation is 1. The first-order chi connectivity index (χ1) is 19.0. The van der Waals surface area contributed by atoms with Crippen molar-refractivity contribution < 1.29 is 13.9 Å². The molecular weight excluding hydrogens is 647 g/mol. The molecule has 0 bridgehead atoms. The Labute approximate surface area is 248 Å². The van der Waals surface area contributed by atoms with Crippen molar-refractivity contribution in [2.45, 2.75) is 18.8 Å². The number of nitrogens with zero attached hydrogens (tertiary/aromatic N) is 8. The highest BCUT2D eigenvalue weighted by atomic mass is 127.